The Kier molecular flexibility index (Phi) is 5.28. The second-order valence-corrected chi connectivity index (χ2v) is 5.98. The minimum absolute atomic E-state index is 0.0204. The normalized spacial score (nSPS) is 17.4. The summed E-state index contributed by atoms with van der Waals surface area (Å²) in [4.78, 5) is 18.4. The summed E-state index contributed by atoms with van der Waals surface area (Å²) in [5, 5.41) is 0. The predicted molar refractivity (Wildman–Crippen MR) is 64.0 cm³/mol. The summed E-state index contributed by atoms with van der Waals surface area (Å²) in [7, 11) is -9.43. The Labute approximate surface area is 104 Å². The molecule has 0 aliphatic carbocycles. The van der Waals surface area contributed by atoms with Crippen molar-refractivity contribution in [1.82, 2.24) is 0 Å². The van der Waals surface area contributed by atoms with Gasteiger partial charge in [0.15, 0.2) is 0 Å². The molecule has 18 heavy (non-hydrogen) atoms. The summed E-state index contributed by atoms with van der Waals surface area (Å²) >= 11 is 0. The van der Waals surface area contributed by atoms with Crippen molar-refractivity contribution >= 4 is 15.6 Å². The van der Waals surface area contributed by atoms with Crippen LogP contribution in [0, 0.1) is 0 Å². The molecule has 0 bridgehead atoms. The van der Waals surface area contributed by atoms with Crippen molar-refractivity contribution in [1.29, 1.82) is 0 Å². The van der Waals surface area contributed by atoms with Crippen LogP contribution < -0.4 is 4.52 Å². The van der Waals surface area contributed by atoms with Gasteiger partial charge in [0.25, 0.3) is 0 Å². The van der Waals surface area contributed by atoms with Crippen LogP contribution in [0.3, 0.4) is 0 Å². The molecule has 0 saturated heterocycles. The lowest BCUT2D eigenvalue weighted by Gasteiger charge is -2.15. The molecule has 0 aliphatic heterocycles. The molecule has 0 fully saturated rings. The van der Waals surface area contributed by atoms with Crippen LogP contribution in [0.15, 0.2) is 43.0 Å². The number of para-hydroxylation sites is 1. The SMILES string of the molecule is C=CCOP(=O)(O)OP(=O)(O)Oc1ccccc1. The van der Waals surface area contributed by atoms with E-state index in [-0.39, 0.29) is 12.4 Å². The first-order chi connectivity index (χ1) is 8.35. The Balaban J connectivity index is 2.67. The lowest BCUT2D eigenvalue weighted by molar-refractivity contribution is 0.194. The van der Waals surface area contributed by atoms with E-state index < -0.39 is 15.6 Å². The van der Waals surface area contributed by atoms with Crippen LogP contribution in [-0.4, -0.2) is 16.4 Å². The standard InChI is InChI=1S/C9H12O7P2/c1-2-8-14-17(10,11)16-18(12,13)15-9-6-4-3-5-7-9/h2-7H,1,8H2,(H,10,11)(H,12,13). The number of phosphoric acid groups is 2. The van der Waals surface area contributed by atoms with Crippen LogP contribution in [0.4, 0.5) is 0 Å². The molecule has 0 heterocycles. The van der Waals surface area contributed by atoms with Crippen molar-refractivity contribution in [2.75, 3.05) is 6.61 Å². The van der Waals surface area contributed by atoms with Gasteiger partial charge in [0, 0.05) is 0 Å². The van der Waals surface area contributed by atoms with Crippen molar-refractivity contribution < 1.29 is 32.3 Å². The highest BCUT2D eigenvalue weighted by molar-refractivity contribution is 7.61. The van der Waals surface area contributed by atoms with Gasteiger partial charge in [-0.05, 0) is 12.1 Å². The van der Waals surface area contributed by atoms with Crippen molar-refractivity contribution in [3.8, 4) is 5.75 Å². The zero-order valence-corrected chi connectivity index (χ0v) is 11.0. The Morgan fingerprint density at radius 2 is 1.78 bits per heavy atom. The summed E-state index contributed by atoms with van der Waals surface area (Å²) in [5.74, 6) is 0.0204. The van der Waals surface area contributed by atoms with Gasteiger partial charge >= 0.3 is 15.6 Å². The molecule has 0 amide bonds. The summed E-state index contributed by atoms with van der Waals surface area (Å²) in [6.45, 7) is 2.95. The molecular weight excluding hydrogens is 282 g/mol. The molecule has 7 nitrogen and oxygen atoms in total. The van der Waals surface area contributed by atoms with E-state index in [9.17, 15) is 14.0 Å². The quantitative estimate of drug-likeness (QED) is 0.588. The highest BCUT2D eigenvalue weighted by atomic mass is 31.3. The van der Waals surface area contributed by atoms with Crippen LogP contribution in [0.5, 0.6) is 5.75 Å². The average molecular weight is 294 g/mol. The highest BCUT2D eigenvalue weighted by Gasteiger charge is 2.36. The fraction of sp³-hybridized carbons (Fsp3) is 0.111. The Bertz CT molecular complexity index is 487. The van der Waals surface area contributed by atoms with E-state index in [4.69, 9.17) is 4.89 Å². The molecule has 9 heteroatoms. The van der Waals surface area contributed by atoms with Crippen molar-refractivity contribution in [2.45, 2.75) is 0 Å². The smallest absolute Gasteiger partial charge is 0.404 e. The monoisotopic (exact) mass is 294 g/mol. The van der Waals surface area contributed by atoms with Crippen molar-refractivity contribution in [3.05, 3.63) is 43.0 Å². The Morgan fingerprint density at radius 3 is 2.33 bits per heavy atom. The highest BCUT2D eigenvalue weighted by Crippen LogP contribution is 2.59. The third kappa shape index (κ3) is 5.60. The van der Waals surface area contributed by atoms with Crippen LogP contribution in [0.25, 0.3) is 0 Å². The molecule has 0 aliphatic rings. The van der Waals surface area contributed by atoms with E-state index in [1.165, 1.54) is 18.2 Å². The van der Waals surface area contributed by atoms with E-state index in [2.05, 4.69) is 19.9 Å². The molecule has 2 unspecified atom stereocenters. The van der Waals surface area contributed by atoms with Gasteiger partial charge in [-0.2, -0.15) is 4.31 Å². The second kappa shape index (κ2) is 6.29. The molecule has 2 atom stereocenters. The van der Waals surface area contributed by atoms with Gasteiger partial charge in [0.2, 0.25) is 0 Å². The molecule has 2 N–H and O–H groups in total. The third-order valence-corrected chi connectivity index (χ3v) is 4.09. The van der Waals surface area contributed by atoms with Gasteiger partial charge in [-0.1, -0.05) is 24.3 Å². The lowest BCUT2D eigenvalue weighted by atomic mass is 10.3. The van der Waals surface area contributed by atoms with Gasteiger partial charge < -0.3 is 9.42 Å². The first-order valence-corrected chi connectivity index (χ1v) is 7.71. The topological polar surface area (TPSA) is 102 Å². The molecule has 0 spiro atoms. The summed E-state index contributed by atoms with van der Waals surface area (Å²) < 4.78 is 35.6. The fourth-order valence-electron chi connectivity index (χ4n) is 0.932. The zero-order chi connectivity index (χ0) is 13.6. The number of benzene rings is 1. The number of hydrogen-bond acceptors (Lipinski definition) is 5. The van der Waals surface area contributed by atoms with E-state index in [1.54, 1.807) is 18.2 Å². The van der Waals surface area contributed by atoms with Crippen LogP contribution in [0.1, 0.15) is 0 Å². The minimum atomic E-state index is -4.75. The molecule has 1 rings (SSSR count). The van der Waals surface area contributed by atoms with E-state index in [0.29, 0.717) is 0 Å². The van der Waals surface area contributed by atoms with E-state index >= 15 is 0 Å². The molecule has 1 aromatic carbocycles. The maximum atomic E-state index is 11.4. The number of rotatable bonds is 7. The number of hydrogen-bond donors (Lipinski definition) is 2. The van der Waals surface area contributed by atoms with Gasteiger partial charge in [0.05, 0.1) is 6.61 Å². The van der Waals surface area contributed by atoms with Gasteiger partial charge in [-0.15, -0.1) is 6.58 Å². The Hall–Kier alpha value is -0.940. The van der Waals surface area contributed by atoms with Crippen molar-refractivity contribution in [3.63, 3.8) is 0 Å². The molecule has 0 aromatic heterocycles. The fourth-order valence-corrected chi connectivity index (χ4v) is 2.98. The Morgan fingerprint density at radius 1 is 1.17 bits per heavy atom. The summed E-state index contributed by atoms with van der Waals surface area (Å²) in [6.07, 6.45) is 1.19. The summed E-state index contributed by atoms with van der Waals surface area (Å²) in [6, 6.07) is 7.56. The second-order valence-electron chi connectivity index (χ2n) is 3.01. The summed E-state index contributed by atoms with van der Waals surface area (Å²) in [5.41, 5.74) is 0. The van der Waals surface area contributed by atoms with Crippen LogP contribution >= 0.6 is 15.6 Å². The molecular formula is C9H12O7P2. The van der Waals surface area contributed by atoms with Crippen molar-refractivity contribution in [2.24, 2.45) is 0 Å². The van der Waals surface area contributed by atoms with Gasteiger partial charge in [-0.25, -0.2) is 9.13 Å². The van der Waals surface area contributed by atoms with Gasteiger partial charge in [0.1, 0.15) is 5.75 Å². The zero-order valence-electron chi connectivity index (χ0n) is 9.21. The minimum Gasteiger partial charge on any atom is -0.404 e. The first kappa shape index (κ1) is 15.1. The maximum absolute atomic E-state index is 11.4. The van der Waals surface area contributed by atoms with Gasteiger partial charge in [-0.3, -0.25) is 9.42 Å². The predicted octanol–water partition coefficient (Wildman–Crippen LogP) is 2.49. The lowest BCUT2D eigenvalue weighted by Crippen LogP contribution is -1.99. The van der Waals surface area contributed by atoms with Crippen LogP contribution in [0.2, 0.25) is 0 Å². The third-order valence-electron chi connectivity index (χ3n) is 1.53. The number of phosphoric ester groups is 2. The first-order valence-electron chi connectivity index (χ1n) is 4.72. The van der Waals surface area contributed by atoms with E-state index in [1.807, 2.05) is 0 Å². The van der Waals surface area contributed by atoms with Crippen LogP contribution in [-0.2, 0) is 18.0 Å². The largest absolute Gasteiger partial charge is 0.536 e. The van der Waals surface area contributed by atoms with E-state index in [0.717, 1.165) is 0 Å². The molecule has 100 valence electrons. The molecule has 0 radical (unpaired) electrons. The molecule has 1 aromatic rings. The molecule has 0 saturated carbocycles. The maximum Gasteiger partial charge on any atom is 0.536 e. The average Bonchev–Trinajstić information content (AvgIpc) is 2.25.